The third kappa shape index (κ3) is 4.12. The van der Waals surface area contributed by atoms with Gasteiger partial charge in [0.25, 0.3) is 0 Å². The van der Waals surface area contributed by atoms with E-state index in [0.29, 0.717) is 13.2 Å². The summed E-state index contributed by atoms with van der Waals surface area (Å²) in [6, 6.07) is 5.08. The first kappa shape index (κ1) is 15.7. The molecule has 6 heteroatoms. The van der Waals surface area contributed by atoms with Gasteiger partial charge in [-0.2, -0.15) is 13.2 Å². The monoisotopic (exact) mass is 301 g/mol. The van der Waals surface area contributed by atoms with Gasteiger partial charge in [0.15, 0.2) is 0 Å². The molecule has 2 rings (SSSR count). The molecule has 1 amide bonds. The highest BCUT2D eigenvalue weighted by Crippen LogP contribution is 2.31. The molecule has 1 heterocycles. The van der Waals surface area contributed by atoms with Crippen LogP contribution < -0.4 is 4.74 Å². The van der Waals surface area contributed by atoms with Crippen molar-refractivity contribution in [3.8, 4) is 5.75 Å². The molecule has 1 aliphatic heterocycles. The smallest absolute Gasteiger partial charge is 0.416 e. The van der Waals surface area contributed by atoms with Crippen molar-refractivity contribution in [3.05, 3.63) is 29.8 Å². The summed E-state index contributed by atoms with van der Waals surface area (Å²) in [5, 5.41) is 0. The maximum atomic E-state index is 12.6. The topological polar surface area (TPSA) is 29.5 Å². The fraction of sp³-hybridized carbons (Fsp3) is 0.533. The summed E-state index contributed by atoms with van der Waals surface area (Å²) in [7, 11) is 0. The standard InChI is InChI=1S/C15H18F3NO2/c1-11-5-6-12(8-19(11)10-20)9-21-14-4-2-3-13(7-14)15(16,17)18/h2-4,7,10-12H,5-6,8-9H2,1H3/t11-,12+/m1/s1. The van der Waals surface area contributed by atoms with E-state index in [1.54, 1.807) is 4.90 Å². The first-order valence-electron chi connectivity index (χ1n) is 6.91. The first-order valence-corrected chi connectivity index (χ1v) is 6.91. The minimum Gasteiger partial charge on any atom is -0.493 e. The zero-order valence-corrected chi connectivity index (χ0v) is 11.8. The Bertz CT molecular complexity index is 490. The van der Waals surface area contributed by atoms with E-state index < -0.39 is 11.7 Å². The van der Waals surface area contributed by atoms with Crippen LogP contribution in [-0.2, 0) is 11.0 Å². The molecule has 0 aromatic heterocycles. The van der Waals surface area contributed by atoms with Crippen LogP contribution in [0.15, 0.2) is 24.3 Å². The van der Waals surface area contributed by atoms with Crippen LogP contribution in [0.4, 0.5) is 13.2 Å². The van der Waals surface area contributed by atoms with E-state index in [9.17, 15) is 18.0 Å². The van der Waals surface area contributed by atoms with Gasteiger partial charge in [-0.15, -0.1) is 0 Å². The van der Waals surface area contributed by atoms with Crippen molar-refractivity contribution in [2.75, 3.05) is 13.2 Å². The van der Waals surface area contributed by atoms with Gasteiger partial charge >= 0.3 is 6.18 Å². The van der Waals surface area contributed by atoms with Crippen molar-refractivity contribution in [3.63, 3.8) is 0 Å². The molecule has 1 fully saturated rings. The average Bonchev–Trinajstić information content (AvgIpc) is 2.46. The van der Waals surface area contributed by atoms with Gasteiger partial charge in [-0.3, -0.25) is 4.79 Å². The average molecular weight is 301 g/mol. The van der Waals surface area contributed by atoms with Crippen molar-refractivity contribution >= 4 is 6.41 Å². The summed E-state index contributed by atoms with van der Waals surface area (Å²) in [6.07, 6.45) is -1.76. The zero-order chi connectivity index (χ0) is 15.5. The van der Waals surface area contributed by atoms with E-state index in [0.717, 1.165) is 31.4 Å². The highest BCUT2D eigenvalue weighted by Gasteiger charge is 2.31. The maximum Gasteiger partial charge on any atom is 0.416 e. The number of carbonyl (C=O) groups excluding carboxylic acids is 1. The lowest BCUT2D eigenvalue weighted by atomic mass is 9.95. The van der Waals surface area contributed by atoms with Crippen LogP contribution in [0.1, 0.15) is 25.3 Å². The minimum absolute atomic E-state index is 0.154. The van der Waals surface area contributed by atoms with Gasteiger partial charge < -0.3 is 9.64 Å². The van der Waals surface area contributed by atoms with Gasteiger partial charge in [-0.05, 0) is 38.0 Å². The van der Waals surface area contributed by atoms with Crippen LogP contribution in [0.3, 0.4) is 0 Å². The highest BCUT2D eigenvalue weighted by atomic mass is 19.4. The Kier molecular flexibility index (Phi) is 4.75. The van der Waals surface area contributed by atoms with Gasteiger partial charge in [-0.25, -0.2) is 0 Å². The third-order valence-electron chi connectivity index (χ3n) is 3.81. The molecule has 0 N–H and O–H groups in total. The van der Waals surface area contributed by atoms with E-state index >= 15 is 0 Å². The molecule has 0 aliphatic carbocycles. The Morgan fingerprint density at radius 3 is 2.81 bits per heavy atom. The van der Waals surface area contributed by atoms with Crippen LogP contribution in [-0.4, -0.2) is 30.5 Å². The molecule has 1 aromatic carbocycles. The number of hydrogen-bond acceptors (Lipinski definition) is 2. The van der Waals surface area contributed by atoms with Crippen LogP contribution in [0.2, 0.25) is 0 Å². The van der Waals surface area contributed by atoms with Crippen LogP contribution >= 0.6 is 0 Å². The molecule has 1 aromatic rings. The maximum absolute atomic E-state index is 12.6. The Balaban J connectivity index is 1.93. The lowest BCUT2D eigenvalue weighted by molar-refractivity contribution is -0.137. The second kappa shape index (κ2) is 6.37. The predicted octanol–water partition coefficient (Wildman–Crippen LogP) is 3.34. The SMILES string of the molecule is C[C@@H]1CC[C@H](COc2cccc(C(F)(F)F)c2)CN1C=O. The van der Waals surface area contributed by atoms with E-state index in [1.807, 2.05) is 6.92 Å². The minimum atomic E-state index is -4.37. The third-order valence-corrected chi connectivity index (χ3v) is 3.81. The number of nitrogens with zero attached hydrogens (tertiary/aromatic N) is 1. The number of halogens is 3. The summed E-state index contributed by atoms with van der Waals surface area (Å²) in [5.74, 6) is 0.363. The van der Waals surface area contributed by atoms with Gasteiger partial charge in [0, 0.05) is 18.5 Å². The van der Waals surface area contributed by atoms with E-state index in [4.69, 9.17) is 4.74 Å². The normalized spacial score (nSPS) is 23.0. The number of hydrogen-bond donors (Lipinski definition) is 0. The lowest BCUT2D eigenvalue weighted by Crippen LogP contribution is -2.42. The highest BCUT2D eigenvalue weighted by molar-refractivity contribution is 5.47. The molecule has 0 bridgehead atoms. The van der Waals surface area contributed by atoms with Crippen molar-refractivity contribution < 1.29 is 22.7 Å². The van der Waals surface area contributed by atoms with Crippen molar-refractivity contribution in [2.45, 2.75) is 32.0 Å². The van der Waals surface area contributed by atoms with Crippen LogP contribution in [0, 0.1) is 5.92 Å². The van der Waals surface area contributed by atoms with E-state index in [1.165, 1.54) is 12.1 Å². The molecule has 3 nitrogen and oxygen atoms in total. The fourth-order valence-electron chi connectivity index (χ4n) is 2.47. The van der Waals surface area contributed by atoms with E-state index in [-0.39, 0.29) is 17.7 Å². The summed E-state index contributed by atoms with van der Waals surface area (Å²) >= 11 is 0. The Morgan fingerprint density at radius 1 is 1.38 bits per heavy atom. The summed E-state index contributed by atoms with van der Waals surface area (Å²) in [6.45, 7) is 2.89. The van der Waals surface area contributed by atoms with Gasteiger partial charge in [0.05, 0.1) is 12.2 Å². The van der Waals surface area contributed by atoms with Crippen molar-refractivity contribution in [1.82, 2.24) is 4.90 Å². The Hall–Kier alpha value is -1.72. The number of rotatable bonds is 4. The van der Waals surface area contributed by atoms with Crippen LogP contribution in [0.5, 0.6) is 5.75 Å². The van der Waals surface area contributed by atoms with Gasteiger partial charge in [-0.1, -0.05) is 6.07 Å². The lowest BCUT2D eigenvalue weighted by Gasteiger charge is -2.35. The number of likely N-dealkylation sites (tertiary alicyclic amines) is 1. The molecule has 1 aliphatic rings. The molecular formula is C15H18F3NO2. The molecule has 0 radical (unpaired) electrons. The number of carbonyl (C=O) groups is 1. The number of alkyl halides is 3. The van der Waals surface area contributed by atoms with Gasteiger partial charge in [0.2, 0.25) is 6.41 Å². The second-order valence-electron chi connectivity index (χ2n) is 5.43. The summed E-state index contributed by atoms with van der Waals surface area (Å²) in [4.78, 5) is 12.6. The molecular weight excluding hydrogens is 283 g/mol. The number of benzene rings is 1. The number of piperidine rings is 1. The molecule has 21 heavy (non-hydrogen) atoms. The summed E-state index contributed by atoms with van der Waals surface area (Å²) in [5.41, 5.74) is -0.716. The molecule has 0 unspecified atom stereocenters. The number of ether oxygens (including phenoxy) is 1. The van der Waals surface area contributed by atoms with E-state index in [2.05, 4.69) is 0 Å². The Labute approximate surface area is 121 Å². The largest absolute Gasteiger partial charge is 0.493 e. The Morgan fingerprint density at radius 2 is 2.14 bits per heavy atom. The number of amides is 1. The fourth-order valence-corrected chi connectivity index (χ4v) is 2.47. The second-order valence-corrected chi connectivity index (χ2v) is 5.43. The van der Waals surface area contributed by atoms with Crippen LogP contribution in [0.25, 0.3) is 0 Å². The molecule has 2 atom stereocenters. The molecule has 0 saturated carbocycles. The van der Waals surface area contributed by atoms with Crippen molar-refractivity contribution in [2.24, 2.45) is 5.92 Å². The molecule has 116 valence electrons. The van der Waals surface area contributed by atoms with Crippen molar-refractivity contribution in [1.29, 1.82) is 0 Å². The zero-order valence-electron chi connectivity index (χ0n) is 11.8. The predicted molar refractivity (Wildman–Crippen MR) is 71.9 cm³/mol. The molecule has 0 spiro atoms. The first-order chi connectivity index (χ1) is 9.90. The van der Waals surface area contributed by atoms with Gasteiger partial charge in [0.1, 0.15) is 5.75 Å². The quantitative estimate of drug-likeness (QED) is 0.798. The summed E-state index contributed by atoms with van der Waals surface area (Å²) < 4.78 is 43.3. The molecule has 1 saturated heterocycles.